The molecule has 0 heterocycles. The predicted molar refractivity (Wildman–Crippen MR) is 82.1 cm³/mol. The van der Waals surface area contributed by atoms with Gasteiger partial charge in [0.15, 0.2) is 0 Å². The molecular formula is C14H30NO4P. The second kappa shape index (κ2) is 11.2. The highest BCUT2D eigenvalue weighted by atomic mass is 31.2. The van der Waals surface area contributed by atoms with Crippen molar-refractivity contribution in [3.05, 3.63) is 0 Å². The molecule has 0 aromatic carbocycles. The van der Waals surface area contributed by atoms with Crippen LogP contribution in [0.15, 0.2) is 0 Å². The Morgan fingerprint density at radius 2 is 1.45 bits per heavy atom. The van der Waals surface area contributed by atoms with Crippen LogP contribution < -0.4 is 0 Å². The molecule has 0 fully saturated rings. The molecule has 0 bridgehead atoms. The Hall–Kier alpha value is -0.540. The number of rotatable bonds is 11. The van der Waals surface area contributed by atoms with E-state index in [1.165, 1.54) is 0 Å². The summed E-state index contributed by atoms with van der Waals surface area (Å²) in [5, 5.41) is 0. The van der Waals surface area contributed by atoms with Gasteiger partial charge in [0.05, 0.1) is 0 Å². The zero-order valence-corrected chi connectivity index (χ0v) is 14.0. The van der Waals surface area contributed by atoms with Crippen LogP contribution in [0.3, 0.4) is 0 Å². The van der Waals surface area contributed by atoms with Crippen molar-refractivity contribution in [3.63, 3.8) is 0 Å². The fourth-order valence-corrected chi connectivity index (χ4v) is 2.36. The highest BCUT2D eigenvalue weighted by Gasteiger charge is 2.22. The van der Waals surface area contributed by atoms with E-state index in [1.807, 2.05) is 0 Å². The number of amides is 1. The van der Waals surface area contributed by atoms with E-state index in [0.29, 0.717) is 13.1 Å². The summed E-state index contributed by atoms with van der Waals surface area (Å²) in [5.74, 6) is 0. The van der Waals surface area contributed by atoms with Gasteiger partial charge in [-0.3, -0.25) is 0 Å². The van der Waals surface area contributed by atoms with E-state index in [-0.39, 0.29) is 0 Å². The lowest BCUT2D eigenvalue weighted by molar-refractivity contribution is 0.145. The second-order valence-electron chi connectivity index (χ2n) is 5.27. The van der Waals surface area contributed by atoms with Crippen molar-refractivity contribution in [3.8, 4) is 0 Å². The summed E-state index contributed by atoms with van der Waals surface area (Å²) in [6.07, 6.45) is 7.87. The number of hydrogen-bond acceptors (Lipinski definition) is 3. The molecule has 5 nitrogen and oxygen atoms in total. The number of carbonyl (C=O) groups is 1. The van der Waals surface area contributed by atoms with Gasteiger partial charge in [-0.2, -0.15) is 0 Å². The van der Waals surface area contributed by atoms with Crippen molar-refractivity contribution in [2.75, 3.05) is 19.8 Å². The average Bonchev–Trinajstić information content (AvgIpc) is 2.34. The van der Waals surface area contributed by atoms with Crippen LogP contribution in [-0.4, -0.2) is 35.6 Å². The second-order valence-corrected chi connectivity index (χ2v) is 7.06. The zero-order chi connectivity index (χ0) is 15.4. The molecular weight excluding hydrogens is 277 g/mol. The normalized spacial score (nSPS) is 13.8. The summed E-state index contributed by atoms with van der Waals surface area (Å²) in [7, 11) is -3.76. The molecule has 0 aromatic rings. The van der Waals surface area contributed by atoms with Gasteiger partial charge in [0, 0.05) is 19.8 Å². The van der Waals surface area contributed by atoms with E-state index >= 15 is 0 Å². The third-order valence-corrected chi connectivity index (χ3v) is 3.56. The molecule has 6 heteroatoms. The Labute approximate surface area is 123 Å². The van der Waals surface area contributed by atoms with Crippen molar-refractivity contribution in [2.45, 2.75) is 65.2 Å². The van der Waals surface area contributed by atoms with Crippen LogP contribution in [0.5, 0.6) is 0 Å². The summed E-state index contributed by atoms with van der Waals surface area (Å²) >= 11 is 0. The number of nitrogens with zero attached hydrogens (tertiary/aromatic N) is 1. The maximum atomic E-state index is 11.9. The molecule has 0 saturated heterocycles. The Morgan fingerprint density at radius 1 is 1.00 bits per heavy atom. The summed E-state index contributed by atoms with van der Waals surface area (Å²) in [6, 6.07) is 0. The predicted octanol–water partition coefficient (Wildman–Crippen LogP) is 4.40. The van der Waals surface area contributed by atoms with Gasteiger partial charge in [-0.05, 0) is 12.8 Å². The molecule has 0 saturated carbocycles. The third kappa shape index (κ3) is 11.3. The number of carbonyl (C=O) groups excluding carboxylic acids is 1. The van der Waals surface area contributed by atoms with Crippen LogP contribution in [0.1, 0.15) is 65.2 Å². The van der Waals surface area contributed by atoms with Crippen LogP contribution in [0, 0.1) is 0 Å². The Morgan fingerprint density at radius 3 is 1.80 bits per heavy atom. The molecule has 1 unspecified atom stereocenters. The zero-order valence-electron chi connectivity index (χ0n) is 13.1. The summed E-state index contributed by atoms with van der Waals surface area (Å²) < 4.78 is 15.8. The lowest BCUT2D eigenvalue weighted by Gasteiger charge is -2.22. The van der Waals surface area contributed by atoms with Gasteiger partial charge >= 0.3 is 13.7 Å². The van der Waals surface area contributed by atoms with Crippen molar-refractivity contribution in [1.29, 1.82) is 0 Å². The van der Waals surface area contributed by atoms with Crippen molar-refractivity contribution in [2.24, 2.45) is 0 Å². The van der Waals surface area contributed by atoms with E-state index < -0.39 is 13.7 Å². The van der Waals surface area contributed by atoms with E-state index in [1.54, 1.807) is 4.90 Å². The molecule has 0 rings (SSSR count). The minimum absolute atomic E-state index is 0.602. The Balaban J connectivity index is 4.22. The maximum Gasteiger partial charge on any atom is 0.416 e. The van der Waals surface area contributed by atoms with Crippen LogP contribution in [0.2, 0.25) is 0 Å². The molecule has 0 aromatic heterocycles. The highest BCUT2D eigenvalue weighted by molar-refractivity contribution is 7.52. The molecule has 20 heavy (non-hydrogen) atoms. The van der Waals surface area contributed by atoms with Crippen LogP contribution >= 0.6 is 7.60 Å². The van der Waals surface area contributed by atoms with Gasteiger partial charge in [-0.15, -0.1) is 0 Å². The summed E-state index contributed by atoms with van der Waals surface area (Å²) in [5.41, 5.74) is 0. The van der Waals surface area contributed by atoms with Crippen molar-refractivity contribution in [1.82, 2.24) is 4.90 Å². The minimum atomic E-state index is -3.76. The van der Waals surface area contributed by atoms with Gasteiger partial charge in [0.1, 0.15) is 0 Å². The SMILES string of the molecule is CCCCCCN(CCCCCC)C(=O)OP(C)(=O)O. The number of unbranched alkanes of at least 4 members (excludes halogenated alkanes) is 6. The monoisotopic (exact) mass is 307 g/mol. The molecule has 1 amide bonds. The lowest BCUT2D eigenvalue weighted by atomic mass is 10.2. The van der Waals surface area contributed by atoms with Crippen LogP contribution in [-0.2, 0) is 9.09 Å². The van der Waals surface area contributed by atoms with Crippen molar-refractivity contribution < 1.29 is 18.8 Å². The molecule has 0 spiro atoms. The van der Waals surface area contributed by atoms with Crippen molar-refractivity contribution >= 4 is 13.7 Å². The van der Waals surface area contributed by atoms with Crippen LogP contribution in [0.25, 0.3) is 0 Å². The van der Waals surface area contributed by atoms with Gasteiger partial charge in [0.25, 0.3) is 0 Å². The number of hydrogen-bond donors (Lipinski definition) is 1. The van der Waals surface area contributed by atoms with Crippen LogP contribution in [0.4, 0.5) is 4.79 Å². The van der Waals surface area contributed by atoms with Gasteiger partial charge in [0.2, 0.25) is 0 Å². The molecule has 0 radical (unpaired) electrons. The topological polar surface area (TPSA) is 66.8 Å². The van der Waals surface area contributed by atoms with Gasteiger partial charge in [-0.25, -0.2) is 9.36 Å². The molecule has 120 valence electrons. The third-order valence-electron chi connectivity index (χ3n) is 3.07. The molecule has 1 atom stereocenters. The maximum absolute atomic E-state index is 11.9. The van der Waals surface area contributed by atoms with E-state index in [9.17, 15) is 9.36 Å². The summed E-state index contributed by atoms with van der Waals surface area (Å²) in [6.45, 7) is 6.51. The van der Waals surface area contributed by atoms with E-state index in [2.05, 4.69) is 18.4 Å². The molecule has 0 aliphatic carbocycles. The largest absolute Gasteiger partial charge is 0.416 e. The van der Waals surface area contributed by atoms with E-state index in [4.69, 9.17) is 4.89 Å². The minimum Gasteiger partial charge on any atom is -0.375 e. The smallest absolute Gasteiger partial charge is 0.375 e. The first-order chi connectivity index (χ1) is 9.40. The van der Waals surface area contributed by atoms with Gasteiger partial charge < -0.3 is 14.3 Å². The first-order valence-corrected chi connectivity index (χ1v) is 9.72. The quantitative estimate of drug-likeness (QED) is 0.454. The Kier molecular flexibility index (Phi) is 10.9. The van der Waals surface area contributed by atoms with Gasteiger partial charge in [-0.1, -0.05) is 52.4 Å². The first kappa shape index (κ1) is 19.5. The average molecular weight is 307 g/mol. The Bertz CT molecular complexity index is 292. The fourth-order valence-electron chi connectivity index (χ4n) is 1.96. The summed E-state index contributed by atoms with van der Waals surface area (Å²) in [4.78, 5) is 22.6. The molecule has 1 N–H and O–H groups in total. The standard InChI is InChI=1S/C14H30NO4P/c1-4-6-8-10-12-15(13-11-9-7-5-2)14(16)19-20(3,17)18/h4-13H2,1-3H3,(H,17,18). The molecule has 0 aliphatic rings. The fraction of sp³-hybridized carbons (Fsp3) is 0.929. The first-order valence-electron chi connectivity index (χ1n) is 7.69. The molecule has 0 aliphatic heterocycles. The lowest BCUT2D eigenvalue weighted by Crippen LogP contribution is -2.33. The highest BCUT2D eigenvalue weighted by Crippen LogP contribution is 2.37. The van der Waals surface area contributed by atoms with E-state index in [0.717, 1.165) is 58.0 Å².